The van der Waals surface area contributed by atoms with E-state index in [0.717, 1.165) is 11.1 Å². The van der Waals surface area contributed by atoms with Gasteiger partial charge in [0.2, 0.25) is 0 Å². The van der Waals surface area contributed by atoms with Gasteiger partial charge in [0.15, 0.2) is 0 Å². The molecule has 0 aromatic heterocycles. The van der Waals surface area contributed by atoms with Gasteiger partial charge in [0.1, 0.15) is 12.1 Å². The van der Waals surface area contributed by atoms with Crippen molar-refractivity contribution < 1.29 is 25.3 Å². The lowest BCUT2D eigenvalue weighted by molar-refractivity contribution is -0.139. The molecule has 2 aromatic carbocycles. The lowest BCUT2D eigenvalue weighted by Crippen LogP contribution is -2.32. The number of nitrogen functional groups attached to an aromatic ring is 2. The molecule has 156 valence electrons. The Balaban J connectivity index is 0. The molecule has 0 saturated carbocycles. The van der Waals surface area contributed by atoms with Crippen molar-refractivity contribution in [2.24, 2.45) is 11.5 Å². The molecule has 10 heteroatoms. The molecule has 0 amide bonds. The highest BCUT2D eigenvalue weighted by Crippen LogP contribution is 2.08. The zero-order valence-electron chi connectivity index (χ0n) is 15.1. The summed E-state index contributed by atoms with van der Waals surface area (Å²) in [7, 11) is 0. The molecule has 0 aliphatic rings. The Labute approximate surface area is 169 Å². The second-order valence-electron chi connectivity index (χ2n) is 5.78. The third-order valence-electron chi connectivity index (χ3n) is 3.51. The van der Waals surface area contributed by atoms with E-state index in [1.807, 2.05) is 0 Å². The van der Waals surface area contributed by atoms with Gasteiger partial charge in [-0.3, -0.25) is 9.59 Å². The monoisotopic (exact) mass is 414 g/mol. The summed E-state index contributed by atoms with van der Waals surface area (Å²) in [5.41, 5.74) is 24.7. The van der Waals surface area contributed by atoms with Gasteiger partial charge in [-0.05, 0) is 48.2 Å². The number of nitrogens with two attached hydrogens (primary N) is 4. The van der Waals surface area contributed by atoms with E-state index in [-0.39, 0.29) is 17.9 Å². The van der Waals surface area contributed by atoms with Crippen LogP contribution in [0.2, 0.25) is 0 Å². The normalized spacial score (nSPS) is 11.5. The van der Waals surface area contributed by atoms with Gasteiger partial charge in [0, 0.05) is 11.4 Å². The van der Waals surface area contributed by atoms with Crippen LogP contribution in [0, 0.1) is 0 Å². The van der Waals surface area contributed by atoms with Crippen molar-refractivity contribution in [3.63, 3.8) is 0 Å². The van der Waals surface area contributed by atoms with Crippen LogP contribution in [0.15, 0.2) is 48.5 Å². The minimum absolute atomic E-state index is 0. The highest BCUT2D eigenvalue weighted by atomic mass is 35.5. The first-order valence-corrected chi connectivity index (χ1v) is 7.84. The number of carboxylic acid groups (broad SMARTS) is 2. The Morgan fingerprint density at radius 2 is 0.964 bits per heavy atom. The SMILES string of the molecule is Cl.Nc1ccc(C[C@H](N)C(=O)O)cc1.Nc1ccc(C[C@H](N)C(=O)O)cc1.O. The van der Waals surface area contributed by atoms with Gasteiger partial charge >= 0.3 is 11.9 Å². The average Bonchev–Trinajstić information content (AvgIpc) is 2.59. The highest BCUT2D eigenvalue weighted by Gasteiger charge is 2.12. The van der Waals surface area contributed by atoms with Gasteiger partial charge in [-0.1, -0.05) is 24.3 Å². The number of anilines is 2. The summed E-state index contributed by atoms with van der Waals surface area (Å²) in [6, 6.07) is 12.3. The van der Waals surface area contributed by atoms with Crippen molar-refractivity contribution in [3.05, 3.63) is 59.7 Å². The summed E-state index contributed by atoms with van der Waals surface area (Å²) in [6.45, 7) is 0. The largest absolute Gasteiger partial charge is 0.480 e. The molecule has 0 spiro atoms. The predicted molar refractivity (Wildman–Crippen MR) is 111 cm³/mol. The van der Waals surface area contributed by atoms with Crippen LogP contribution in [-0.4, -0.2) is 39.7 Å². The van der Waals surface area contributed by atoms with Gasteiger partial charge in [-0.25, -0.2) is 0 Å². The van der Waals surface area contributed by atoms with Crippen LogP contribution in [0.1, 0.15) is 11.1 Å². The van der Waals surface area contributed by atoms with Crippen LogP contribution < -0.4 is 22.9 Å². The summed E-state index contributed by atoms with van der Waals surface area (Å²) in [5, 5.41) is 17.1. The Kier molecular flexibility index (Phi) is 13.0. The first-order chi connectivity index (χ1) is 12.2. The summed E-state index contributed by atoms with van der Waals surface area (Å²) in [5.74, 6) is -1.98. The molecule has 0 heterocycles. The van der Waals surface area contributed by atoms with E-state index in [0.29, 0.717) is 24.2 Å². The van der Waals surface area contributed by atoms with E-state index >= 15 is 0 Å². The van der Waals surface area contributed by atoms with Crippen LogP contribution in [0.5, 0.6) is 0 Å². The first-order valence-electron chi connectivity index (χ1n) is 7.84. The van der Waals surface area contributed by atoms with Crippen LogP contribution in [-0.2, 0) is 22.4 Å². The lowest BCUT2D eigenvalue weighted by Gasteiger charge is -2.05. The zero-order valence-corrected chi connectivity index (χ0v) is 15.9. The molecule has 0 radical (unpaired) electrons. The standard InChI is InChI=1S/2C9H12N2O2.ClH.H2O/c2*10-7-3-1-6(2-4-7)5-8(11)9(12)13;;/h2*1-4,8H,5,10-11H2,(H,12,13);1H;1H2/t2*8-;;/m00../s1. The third-order valence-corrected chi connectivity index (χ3v) is 3.51. The van der Waals surface area contributed by atoms with Crippen LogP contribution >= 0.6 is 12.4 Å². The van der Waals surface area contributed by atoms with E-state index < -0.39 is 24.0 Å². The molecule has 0 saturated heterocycles. The number of rotatable bonds is 6. The number of carbonyl (C=O) groups is 2. The van der Waals surface area contributed by atoms with Gasteiger partial charge in [-0.2, -0.15) is 0 Å². The summed E-state index contributed by atoms with van der Waals surface area (Å²) in [6.07, 6.45) is 0.658. The molecule has 28 heavy (non-hydrogen) atoms. The Hall–Kier alpha value is -2.85. The topological polar surface area (TPSA) is 210 Å². The average molecular weight is 415 g/mol. The summed E-state index contributed by atoms with van der Waals surface area (Å²) >= 11 is 0. The quantitative estimate of drug-likeness (QED) is 0.354. The van der Waals surface area contributed by atoms with Crippen molar-refractivity contribution in [3.8, 4) is 0 Å². The molecule has 0 aliphatic carbocycles. The Bertz CT molecular complexity index is 662. The molecule has 0 aliphatic heterocycles. The fourth-order valence-corrected chi connectivity index (χ4v) is 1.99. The van der Waals surface area contributed by atoms with E-state index in [1.165, 1.54) is 0 Å². The predicted octanol–water partition coefficient (Wildman–Crippen LogP) is 0.0435. The zero-order chi connectivity index (χ0) is 19.7. The van der Waals surface area contributed by atoms with Crippen molar-refractivity contribution >= 4 is 35.7 Å². The van der Waals surface area contributed by atoms with Crippen molar-refractivity contribution in [1.29, 1.82) is 0 Å². The van der Waals surface area contributed by atoms with E-state index in [4.69, 9.17) is 33.1 Å². The molecule has 2 rings (SSSR count). The molecule has 12 N–H and O–H groups in total. The smallest absolute Gasteiger partial charge is 0.320 e. The molecule has 2 aromatic rings. The second kappa shape index (κ2) is 13.3. The van der Waals surface area contributed by atoms with Gasteiger partial charge in [-0.15, -0.1) is 12.4 Å². The lowest BCUT2D eigenvalue weighted by atomic mass is 10.1. The molecule has 2 atom stereocenters. The van der Waals surface area contributed by atoms with E-state index in [1.54, 1.807) is 48.5 Å². The van der Waals surface area contributed by atoms with Gasteiger partial charge < -0.3 is 38.6 Å². The number of hydrogen-bond donors (Lipinski definition) is 6. The molecule has 0 bridgehead atoms. The number of halogens is 1. The molecular weight excluding hydrogens is 388 g/mol. The molecule has 0 unspecified atom stereocenters. The van der Waals surface area contributed by atoms with E-state index in [2.05, 4.69) is 0 Å². The Morgan fingerprint density at radius 3 is 1.18 bits per heavy atom. The third kappa shape index (κ3) is 10.3. The first kappa shape index (κ1) is 27.4. The number of carboxylic acids is 2. The van der Waals surface area contributed by atoms with Crippen LogP contribution in [0.25, 0.3) is 0 Å². The molecular formula is C18H27ClN4O5. The van der Waals surface area contributed by atoms with Crippen molar-refractivity contribution in [2.75, 3.05) is 11.5 Å². The second-order valence-corrected chi connectivity index (χ2v) is 5.78. The van der Waals surface area contributed by atoms with Crippen molar-refractivity contribution in [1.82, 2.24) is 0 Å². The maximum absolute atomic E-state index is 10.4. The van der Waals surface area contributed by atoms with Crippen LogP contribution in [0.4, 0.5) is 11.4 Å². The number of hydrogen-bond acceptors (Lipinski definition) is 6. The van der Waals surface area contributed by atoms with Gasteiger partial charge in [0.25, 0.3) is 0 Å². The minimum atomic E-state index is -0.989. The fraction of sp³-hybridized carbons (Fsp3) is 0.222. The highest BCUT2D eigenvalue weighted by molar-refractivity contribution is 5.85. The van der Waals surface area contributed by atoms with E-state index in [9.17, 15) is 9.59 Å². The summed E-state index contributed by atoms with van der Waals surface area (Å²) in [4.78, 5) is 20.8. The van der Waals surface area contributed by atoms with Crippen LogP contribution in [0.3, 0.4) is 0 Å². The number of aliphatic carboxylic acids is 2. The molecule has 0 fully saturated rings. The Morgan fingerprint density at radius 1 is 0.714 bits per heavy atom. The summed E-state index contributed by atoms with van der Waals surface area (Å²) < 4.78 is 0. The number of benzene rings is 2. The molecule has 9 nitrogen and oxygen atoms in total. The van der Waals surface area contributed by atoms with Gasteiger partial charge in [0.05, 0.1) is 0 Å². The maximum atomic E-state index is 10.4. The maximum Gasteiger partial charge on any atom is 0.320 e. The fourth-order valence-electron chi connectivity index (χ4n) is 1.99. The minimum Gasteiger partial charge on any atom is -0.480 e. The van der Waals surface area contributed by atoms with Crippen molar-refractivity contribution in [2.45, 2.75) is 24.9 Å².